The summed E-state index contributed by atoms with van der Waals surface area (Å²) in [4.78, 5) is 0. The zero-order valence-electron chi connectivity index (χ0n) is 29.4. The molecule has 0 spiro atoms. The molecule has 1 nitrogen and oxygen atoms in total. The molecule has 0 atom stereocenters. The molecule has 2 aliphatic carbocycles. The van der Waals surface area contributed by atoms with Gasteiger partial charge in [-0.25, -0.2) is 0 Å². The van der Waals surface area contributed by atoms with E-state index in [9.17, 15) is 0 Å². The molecule has 0 N–H and O–H groups in total. The van der Waals surface area contributed by atoms with E-state index in [-0.39, 0.29) is 0 Å². The molecule has 0 unspecified atom stereocenters. The normalized spacial score (nSPS) is 14.5. The van der Waals surface area contributed by atoms with Crippen molar-refractivity contribution in [2.75, 3.05) is 0 Å². The summed E-state index contributed by atoms with van der Waals surface area (Å²) in [5, 5.41) is 15.8. The van der Waals surface area contributed by atoms with E-state index < -0.39 is 0 Å². The Bertz CT molecular complexity index is 3210. The monoisotopic (exact) mass is 673 g/mol. The van der Waals surface area contributed by atoms with Crippen molar-refractivity contribution in [2.45, 2.75) is 25.7 Å². The van der Waals surface area contributed by atoms with Crippen molar-refractivity contribution in [3.05, 3.63) is 169 Å². The summed E-state index contributed by atoms with van der Waals surface area (Å²) in [6.45, 7) is 0. The molecule has 1 heteroatoms. The molecule has 1 aromatic heterocycles. The zero-order valence-corrected chi connectivity index (χ0v) is 29.4. The van der Waals surface area contributed by atoms with Crippen LogP contribution in [0.2, 0.25) is 0 Å². The quantitative estimate of drug-likeness (QED) is 0.130. The first-order valence-electron chi connectivity index (χ1n) is 19.1. The average Bonchev–Trinajstić information content (AvgIpc) is 3.58. The largest absolute Gasteiger partial charge is 0.309 e. The molecule has 1 heterocycles. The van der Waals surface area contributed by atoms with Crippen molar-refractivity contribution >= 4 is 87.4 Å². The van der Waals surface area contributed by atoms with E-state index in [1.54, 1.807) is 0 Å². The van der Waals surface area contributed by atoms with Gasteiger partial charge >= 0.3 is 0 Å². The lowest BCUT2D eigenvalue weighted by molar-refractivity contribution is 0.986. The van der Waals surface area contributed by atoms with Gasteiger partial charge in [-0.05, 0) is 126 Å². The lowest BCUT2D eigenvalue weighted by Crippen LogP contribution is -1.98. The first-order chi connectivity index (χ1) is 26.3. The van der Waals surface area contributed by atoms with Crippen LogP contribution in [0.5, 0.6) is 0 Å². The highest BCUT2D eigenvalue weighted by molar-refractivity contribution is 6.40. The topological polar surface area (TPSA) is 4.93 Å². The highest BCUT2D eigenvalue weighted by atomic mass is 15.0. The van der Waals surface area contributed by atoms with E-state index in [1.807, 2.05) is 0 Å². The number of para-hydroxylation sites is 1. The Labute approximate surface area is 307 Å². The smallest absolute Gasteiger partial charge is 0.0626 e. The van der Waals surface area contributed by atoms with Gasteiger partial charge in [-0.2, -0.15) is 0 Å². The van der Waals surface area contributed by atoms with Crippen molar-refractivity contribution in [1.82, 2.24) is 4.57 Å². The molecule has 0 bridgehead atoms. The number of hydrogen-bond acceptors (Lipinski definition) is 0. The SMILES string of the molecule is C1=CC(n2c3ccccc3c3c4cccc5cc(-c6c7ccccc7c(-c7ccc8c(c7)C=CCC8)c7ccccc67)c6cccc(c6c54)c32)=CCC1. The second-order valence-electron chi connectivity index (χ2n) is 14.9. The molecule has 0 radical (unpaired) electrons. The van der Waals surface area contributed by atoms with Crippen LogP contribution in [0.25, 0.3) is 110 Å². The van der Waals surface area contributed by atoms with Crippen LogP contribution in [0.3, 0.4) is 0 Å². The van der Waals surface area contributed by atoms with Gasteiger partial charge in [0, 0.05) is 27.2 Å². The van der Waals surface area contributed by atoms with Crippen LogP contribution in [0.15, 0.2) is 158 Å². The first kappa shape index (κ1) is 29.2. The Kier molecular flexibility index (Phi) is 6.07. The lowest BCUT2D eigenvalue weighted by Gasteiger charge is -2.22. The van der Waals surface area contributed by atoms with Crippen LogP contribution in [0.4, 0.5) is 0 Å². The standard InChI is InChI=1S/C52H35N/c1-2-17-36(18-3-1)53-46-27-11-10-23-42(46)51-43-25-12-16-34-31-45(41-24-13-26-44(52(51)53)50(41)48(34)43)49-39-21-8-6-19-37(39)47(38-20-7-9-22-40(38)49)35-29-28-32-14-4-5-15-33(32)30-35/h2,5-13,15-31H,1,3-4,14H2. The van der Waals surface area contributed by atoms with Crippen LogP contribution in [-0.4, -0.2) is 4.57 Å². The minimum absolute atomic E-state index is 1.06. The van der Waals surface area contributed by atoms with E-state index in [2.05, 4.69) is 168 Å². The fourth-order valence-electron chi connectivity index (χ4n) is 9.97. The van der Waals surface area contributed by atoms with Gasteiger partial charge in [0.1, 0.15) is 0 Å². The third-order valence-electron chi connectivity index (χ3n) is 12.1. The number of aromatic nitrogens is 1. The van der Waals surface area contributed by atoms with E-state index in [4.69, 9.17) is 0 Å². The Morgan fingerprint density at radius 1 is 0.453 bits per heavy atom. The first-order valence-corrected chi connectivity index (χ1v) is 19.1. The van der Waals surface area contributed by atoms with E-state index in [0.717, 1.165) is 25.7 Å². The minimum atomic E-state index is 1.06. The van der Waals surface area contributed by atoms with Gasteiger partial charge in [0.15, 0.2) is 0 Å². The zero-order chi connectivity index (χ0) is 34.6. The summed E-state index contributed by atoms with van der Waals surface area (Å²) in [5.74, 6) is 0. The molecule has 53 heavy (non-hydrogen) atoms. The van der Waals surface area contributed by atoms with Gasteiger partial charge in [-0.15, -0.1) is 0 Å². The number of allylic oxidation sites excluding steroid dienone is 5. The molecule has 248 valence electrons. The molecular formula is C52H35N. The van der Waals surface area contributed by atoms with Crippen LogP contribution in [0.1, 0.15) is 30.4 Å². The maximum atomic E-state index is 2.54. The fraction of sp³-hybridized carbons (Fsp3) is 0.0769. The van der Waals surface area contributed by atoms with Gasteiger partial charge in [0.2, 0.25) is 0 Å². The number of hydrogen-bond donors (Lipinski definition) is 0. The molecule has 9 aromatic carbocycles. The van der Waals surface area contributed by atoms with Gasteiger partial charge in [0.05, 0.1) is 11.0 Å². The number of fused-ring (bicyclic) bond motifs is 8. The third-order valence-corrected chi connectivity index (χ3v) is 12.1. The summed E-state index contributed by atoms with van der Waals surface area (Å²) in [5.41, 5.74) is 11.8. The van der Waals surface area contributed by atoms with Gasteiger partial charge in [-0.1, -0.05) is 140 Å². The van der Waals surface area contributed by atoms with Crippen molar-refractivity contribution in [3.8, 4) is 22.3 Å². The molecule has 0 saturated heterocycles. The molecule has 10 aromatic rings. The van der Waals surface area contributed by atoms with E-state index in [0.29, 0.717) is 0 Å². The predicted octanol–water partition coefficient (Wildman–Crippen LogP) is 14.5. The van der Waals surface area contributed by atoms with Gasteiger partial charge in [0.25, 0.3) is 0 Å². The van der Waals surface area contributed by atoms with Crippen molar-refractivity contribution < 1.29 is 0 Å². The maximum absolute atomic E-state index is 2.54. The van der Waals surface area contributed by atoms with Crippen molar-refractivity contribution in [1.29, 1.82) is 0 Å². The highest BCUT2D eigenvalue weighted by Crippen LogP contribution is 2.51. The average molecular weight is 674 g/mol. The van der Waals surface area contributed by atoms with Crippen LogP contribution in [-0.2, 0) is 6.42 Å². The molecule has 0 aliphatic heterocycles. The number of nitrogens with zero attached hydrogens (tertiary/aromatic N) is 1. The van der Waals surface area contributed by atoms with Crippen LogP contribution >= 0.6 is 0 Å². The summed E-state index contributed by atoms with van der Waals surface area (Å²) in [6.07, 6.45) is 16.1. The van der Waals surface area contributed by atoms with Gasteiger partial charge < -0.3 is 4.57 Å². The molecule has 12 rings (SSSR count). The summed E-state index contributed by atoms with van der Waals surface area (Å²) < 4.78 is 2.54. The maximum Gasteiger partial charge on any atom is 0.0626 e. The van der Waals surface area contributed by atoms with Gasteiger partial charge in [-0.3, -0.25) is 0 Å². The Morgan fingerprint density at radius 2 is 1.13 bits per heavy atom. The summed E-state index contributed by atoms with van der Waals surface area (Å²) in [7, 11) is 0. The molecule has 2 aliphatic rings. The molecule has 0 amide bonds. The number of aryl methyl sites for hydroxylation is 1. The Balaban J connectivity index is 1.25. The number of rotatable bonds is 3. The molecule has 0 saturated carbocycles. The highest BCUT2D eigenvalue weighted by Gasteiger charge is 2.25. The summed E-state index contributed by atoms with van der Waals surface area (Å²) in [6, 6.07) is 50.8. The molecular weight excluding hydrogens is 639 g/mol. The predicted molar refractivity (Wildman–Crippen MR) is 229 cm³/mol. The Hall–Kier alpha value is -6.44. The van der Waals surface area contributed by atoms with Crippen LogP contribution < -0.4 is 0 Å². The second-order valence-corrected chi connectivity index (χ2v) is 14.9. The van der Waals surface area contributed by atoms with Crippen LogP contribution in [0, 0.1) is 0 Å². The van der Waals surface area contributed by atoms with E-state index >= 15 is 0 Å². The minimum Gasteiger partial charge on any atom is -0.309 e. The fourth-order valence-corrected chi connectivity index (χ4v) is 9.97. The summed E-state index contributed by atoms with van der Waals surface area (Å²) >= 11 is 0. The molecule has 0 fully saturated rings. The Morgan fingerprint density at radius 3 is 1.92 bits per heavy atom. The van der Waals surface area contributed by atoms with Crippen molar-refractivity contribution in [3.63, 3.8) is 0 Å². The second kappa shape index (κ2) is 11.0. The number of benzene rings is 9. The van der Waals surface area contributed by atoms with Crippen molar-refractivity contribution in [2.24, 2.45) is 0 Å². The lowest BCUT2D eigenvalue weighted by atomic mass is 9.82. The third kappa shape index (κ3) is 4.02. The van der Waals surface area contributed by atoms with E-state index in [1.165, 1.54) is 115 Å².